The van der Waals surface area contributed by atoms with Crippen LogP contribution in [0.2, 0.25) is 0 Å². The van der Waals surface area contributed by atoms with Crippen LogP contribution in [0.3, 0.4) is 0 Å². The molecule has 0 amide bonds. The Hall–Kier alpha value is 1.14. The lowest BCUT2D eigenvalue weighted by Gasteiger charge is -2.11. The van der Waals surface area contributed by atoms with Gasteiger partial charge in [-0.1, -0.05) is 46.0 Å². The first-order valence-corrected chi connectivity index (χ1v) is 13.0. The third-order valence-corrected chi connectivity index (χ3v) is 9.20. The molecule has 0 saturated carbocycles. The fourth-order valence-corrected chi connectivity index (χ4v) is 6.05. The van der Waals surface area contributed by atoms with Crippen molar-refractivity contribution in [1.82, 2.24) is 9.80 Å². The Morgan fingerprint density at radius 2 is 1.13 bits per heavy atom. The topological polar surface area (TPSA) is 15.7 Å². The van der Waals surface area contributed by atoms with E-state index in [-0.39, 0.29) is 0 Å². The first-order valence-electron chi connectivity index (χ1n) is 7.54. The van der Waals surface area contributed by atoms with E-state index >= 15 is 0 Å². The van der Waals surface area contributed by atoms with Crippen molar-refractivity contribution in [2.45, 2.75) is 25.7 Å². The summed E-state index contributed by atoms with van der Waals surface area (Å²) in [5, 5.41) is 0. The van der Waals surface area contributed by atoms with Gasteiger partial charge < -0.3 is 14.5 Å². The van der Waals surface area contributed by atoms with E-state index in [1.165, 1.54) is 12.8 Å². The smallest absolute Gasteiger partial charge is 0.146 e. The SMILES string of the molecule is CN(C)C(=S)SSCCCCOCCCCSSC(=S)N(C)C. The molecule has 0 atom stereocenters. The molecule has 0 bridgehead atoms. The van der Waals surface area contributed by atoms with Gasteiger partial charge in [-0.05, 0) is 47.3 Å². The van der Waals surface area contributed by atoms with Crippen LogP contribution in [0.4, 0.5) is 0 Å². The first kappa shape index (κ1) is 24.1. The lowest BCUT2D eigenvalue weighted by atomic mass is 10.3. The minimum Gasteiger partial charge on any atom is -0.381 e. The van der Waals surface area contributed by atoms with Gasteiger partial charge in [0.15, 0.2) is 0 Å². The zero-order valence-electron chi connectivity index (χ0n) is 14.4. The van der Waals surface area contributed by atoms with E-state index in [2.05, 4.69) is 0 Å². The summed E-state index contributed by atoms with van der Waals surface area (Å²) >= 11 is 10.4. The van der Waals surface area contributed by atoms with Crippen molar-refractivity contribution < 1.29 is 4.74 Å². The molecule has 0 heterocycles. The monoisotopic (exact) mass is 432 g/mol. The fourth-order valence-electron chi connectivity index (χ4n) is 1.17. The van der Waals surface area contributed by atoms with E-state index < -0.39 is 0 Å². The molecule has 0 spiro atoms. The second-order valence-corrected chi connectivity index (χ2v) is 11.3. The standard InChI is InChI=1S/C14H28N2OS6/c1-15(2)13(18)22-20-11-7-5-9-17-10-6-8-12-21-23-14(19)16(3)4/h5-12H2,1-4H3. The van der Waals surface area contributed by atoms with E-state index in [0.717, 1.165) is 46.2 Å². The lowest BCUT2D eigenvalue weighted by molar-refractivity contribution is 0.129. The van der Waals surface area contributed by atoms with Crippen LogP contribution in [0, 0.1) is 0 Å². The first-order chi connectivity index (χ1) is 10.9. The molecule has 136 valence electrons. The second-order valence-electron chi connectivity index (χ2n) is 5.16. The number of hydrogen-bond acceptors (Lipinski definition) is 7. The van der Waals surface area contributed by atoms with E-state index in [1.54, 1.807) is 21.6 Å². The number of ether oxygens (including phenoxy) is 1. The van der Waals surface area contributed by atoms with Gasteiger partial charge in [0.25, 0.3) is 0 Å². The Morgan fingerprint density at radius 3 is 1.48 bits per heavy atom. The Kier molecular flexibility index (Phi) is 17.4. The quantitative estimate of drug-likeness (QED) is 0.238. The molecule has 0 rings (SSSR count). The molecule has 0 aliphatic carbocycles. The zero-order chi connectivity index (χ0) is 17.5. The second kappa shape index (κ2) is 16.6. The molecule has 0 aliphatic rings. The van der Waals surface area contributed by atoms with Crippen molar-refractivity contribution in [3.63, 3.8) is 0 Å². The Labute approximate surface area is 168 Å². The normalized spacial score (nSPS) is 10.6. The number of rotatable bonds is 12. The van der Waals surface area contributed by atoms with E-state index in [4.69, 9.17) is 29.2 Å². The average Bonchev–Trinajstić information content (AvgIpc) is 2.50. The van der Waals surface area contributed by atoms with Crippen LogP contribution in [0.5, 0.6) is 0 Å². The van der Waals surface area contributed by atoms with Crippen LogP contribution >= 0.6 is 67.6 Å². The Morgan fingerprint density at radius 1 is 0.739 bits per heavy atom. The predicted octanol–water partition coefficient (Wildman–Crippen LogP) is 5.02. The molecule has 0 aromatic carbocycles. The minimum absolute atomic E-state index is 0.871. The molecule has 0 fully saturated rings. The average molecular weight is 433 g/mol. The van der Waals surface area contributed by atoms with Crippen LogP contribution in [0.1, 0.15) is 25.7 Å². The van der Waals surface area contributed by atoms with Crippen molar-refractivity contribution in [3.8, 4) is 0 Å². The van der Waals surface area contributed by atoms with E-state index in [0.29, 0.717) is 0 Å². The number of hydrogen-bond donors (Lipinski definition) is 0. The van der Waals surface area contributed by atoms with Gasteiger partial charge in [0.05, 0.1) is 0 Å². The minimum atomic E-state index is 0.871. The highest BCUT2D eigenvalue weighted by Gasteiger charge is 2.01. The summed E-state index contributed by atoms with van der Waals surface area (Å²) < 4.78 is 7.54. The van der Waals surface area contributed by atoms with Gasteiger partial charge in [0.1, 0.15) is 8.64 Å². The fraction of sp³-hybridized carbons (Fsp3) is 0.857. The summed E-state index contributed by atoms with van der Waals surface area (Å²) in [6.45, 7) is 1.74. The molecule has 0 N–H and O–H groups in total. The third-order valence-electron chi connectivity index (χ3n) is 2.52. The van der Waals surface area contributed by atoms with Crippen LogP contribution in [-0.4, -0.2) is 71.4 Å². The Bertz CT molecular complexity index is 298. The van der Waals surface area contributed by atoms with Gasteiger partial charge in [0, 0.05) is 52.9 Å². The summed E-state index contributed by atoms with van der Waals surface area (Å²) in [4.78, 5) is 3.95. The maximum atomic E-state index is 5.67. The third kappa shape index (κ3) is 16.4. The maximum absolute atomic E-state index is 5.67. The van der Waals surface area contributed by atoms with Gasteiger partial charge in [0.2, 0.25) is 0 Å². The van der Waals surface area contributed by atoms with Crippen molar-refractivity contribution in [2.24, 2.45) is 0 Å². The molecule has 0 saturated heterocycles. The highest BCUT2D eigenvalue weighted by molar-refractivity contribution is 8.84. The van der Waals surface area contributed by atoms with Crippen LogP contribution in [-0.2, 0) is 4.74 Å². The van der Waals surface area contributed by atoms with E-state index in [9.17, 15) is 0 Å². The molecular formula is C14H28N2OS6. The number of nitrogens with zero attached hydrogens (tertiary/aromatic N) is 2. The van der Waals surface area contributed by atoms with Gasteiger partial charge in [-0.3, -0.25) is 0 Å². The highest BCUT2D eigenvalue weighted by atomic mass is 33.1. The number of thiocarbonyl (C=S) groups is 2. The molecule has 23 heavy (non-hydrogen) atoms. The van der Waals surface area contributed by atoms with Crippen LogP contribution in [0.25, 0.3) is 0 Å². The van der Waals surface area contributed by atoms with Gasteiger partial charge in [-0.25, -0.2) is 0 Å². The molecule has 0 aromatic heterocycles. The van der Waals surface area contributed by atoms with Gasteiger partial charge >= 0.3 is 0 Å². The van der Waals surface area contributed by atoms with E-state index in [1.807, 2.05) is 59.6 Å². The molecule has 0 radical (unpaired) electrons. The van der Waals surface area contributed by atoms with Crippen LogP contribution < -0.4 is 0 Å². The predicted molar refractivity (Wildman–Crippen MR) is 122 cm³/mol. The van der Waals surface area contributed by atoms with Gasteiger partial charge in [-0.2, -0.15) is 0 Å². The number of unbranched alkanes of at least 4 members (excludes halogenated alkanes) is 2. The van der Waals surface area contributed by atoms with Gasteiger partial charge in [-0.15, -0.1) is 0 Å². The molecule has 0 aliphatic heterocycles. The van der Waals surface area contributed by atoms with Crippen molar-refractivity contribution in [2.75, 3.05) is 52.9 Å². The summed E-state index contributed by atoms with van der Waals surface area (Å²) in [5.74, 6) is 2.25. The highest BCUT2D eigenvalue weighted by Crippen LogP contribution is 2.26. The summed E-state index contributed by atoms with van der Waals surface area (Å²) in [7, 11) is 15.0. The lowest BCUT2D eigenvalue weighted by Crippen LogP contribution is -2.14. The maximum Gasteiger partial charge on any atom is 0.146 e. The summed E-state index contributed by atoms with van der Waals surface area (Å²) in [5.41, 5.74) is 0. The van der Waals surface area contributed by atoms with Crippen molar-refractivity contribution >= 4 is 76.3 Å². The summed E-state index contributed by atoms with van der Waals surface area (Å²) in [6, 6.07) is 0. The Balaban J connectivity index is 3.17. The molecular weight excluding hydrogens is 405 g/mol. The molecule has 0 aromatic rings. The zero-order valence-corrected chi connectivity index (χ0v) is 19.3. The summed E-state index contributed by atoms with van der Waals surface area (Å²) in [6.07, 6.45) is 4.62. The molecule has 0 unspecified atom stereocenters. The van der Waals surface area contributed by atoms with Crippen molar-refractivity contribution in [1.29, 1.82) is 0 Å². The molecule has 3 nitrogen and oxygen atoms in total. The largest absolute Gasteiger partial charge is 0.381 e. The van der Waals surface area contributed by atoms with Crippen LogP contribution in [0.15, 0.2) is 0 Å². The van der Waals surface area contributed by atoms with Crippen molar-refractivity contribution in [3.05, 3.63) is 0 Å². The molecule has 9 heteroatoms.